The molecule has 5 heteroatoms. The van der Waals surface area contributed by atoms with E-state index < -0.39 is 11.7 Å². The van der Waals surface area contributed by atoms with Crippen molar-refractivity contribution in [1.29, 1.82) is 5.26 Å². The van der Waals surface area contributed by atoms with Crippen LogP contribution in [0.5, 0.6) is 0 Å². The lowest BCUT2D eigenvalue weighted by Gasteiger charge is -2.05. The van der Waals surface area contributed by atoms with Crippen molar-refractivity contribution in [2.45, 2.75) is 6.92 Å². The quantitative estimate of drug-likeness (QED) is 0.883. The van der Waals surface area contributed by atoms with Crippen LogP contribution in [-0.4, -0.2) is 5.91 Å². The van der Waals surface area contributed by atoms with Crippen LogP contribution in [0, 0.1) is 24.1 Å². The molecule has 0 saturated carbocycles. The summed E-state index contributed by atoms with van der Waals surface area (Å²) in [6.07, 6.45) is 0. The van der Waals surface area contributed by atoms with Crippen molar-refractivity contribution >= 4 is 11.6 Å². The lowest BCUT2D eigenvalue weighted by molar-refractivity contribution is 0.0995. The lowest BCUT2D eigenvalue weighted by Crippen LogP contribution is -2.12. The number of halogens is 1. The molecule has 1 N–H and O–H groups in total. The molecule has 4 nitrogen and oxygen atoms in total. The van der Waals surface area contributed by atoms with Gasteiger partial charge in [-0.25, -0.2) is 4.39 Å². The number of rotatable bonds is 2. The first-order chi connectivity index (χ1) is 8.60. The third-order valence-corrected chi connectivity index (χ3v) is 2.31. The van der Waals surface area contributed by atoms with Gasteiger partial charge in [-0.05, 0) is 37.3 Å². The van der Waals surface area contributed by atoms with Crippen molar-refractivity contribution in [2.24, 2.45) is 0 Å². The number of carbonyl (C=O) groups is 1. The molecule has 0 radical (unpaired) electrons. The van der Waals surface area contributed by atoms with E-state index in [0.717, 1.165) is 6.07 Å². The van der Waals surface area contributed by atoms with E-state index in [-0.39, 0.29) is 17.0 Å². The van der Waals surface area contributed by atoms with Crippen LogP contribution in [0.2, 0.25) is 0 Å². The second-order valence-corrected chi connectivity index (χ2v) is 3.67. The fraction of sp³-hybridized carbons (Fsp3) is 0.0769. The van der Waals surface area contributed by atoms with Gasteiger partial charge in [0, 0.05) is 0 Å². The molecule has 0 saturated heterocycles. The minimum Gasteiger partial charge on any atom is -0.456 e. The Bertz CT molecular complexity index is 641. The van der Waals surface area contributed by atoms with Crippen molar-refractivity contribution in [3.8, 4) is 6.07 Å². The average molecular weight is 244 g/mol. The fourth-order valence-corrected chi connectivity index (χ4v) is 1.46. The van der Waals surface area contributed by atoms with Crippen LogP contribution >= 0.6 is 0 Å². The highest BCUT2D eigenvalue weighted by molar-refractivity contribution is 6.02. The molecular formula is C13H9FN2O2. The molecule has 1 heterocycles. The maximum Gasteiger partial charge on any atom is 0.291 e. The van der Waals surface area contributed by atoms with Crippen LogP contribution in [0.3, 0.4) is 0 Å². The number of nitrogens with one attached hydrogen (secondary N) is 1. The number of furan rings is 1. The molecule has 18 heavy (non-hydrogen) atoms. The molecule has 0 spiro atoms. The minimum absolute atomic E-state index is 0.0617. The number of nitriles is 1. The van der Waals surface area contributed by atoms with E-state index in [2.05, 4.69) is 5.32 Å². The number of amides is 1. The Balaban J connectivity index is 2.25. The monoisotopic (exact) mass is 244 g/mol. The average Bonchev–Trinajstić information content (AvgIpc) is 2.78. The van der Waals surface area contributed by atoms with Crippen LogP contribution in [0.1, 0.15) is 21.9 Å². The SMILES string of the molecule is Cc1ccc(C(=O)Nc2ccc(F)cc2C#N)o1. The van der Waals surface area contributed by atoms with Crippen LogP contribution in [0.25, 0.3) is 0 Å². The van der Waals surface area contributed by atoms with E-state index in [1.807, 2.05) is 6.07 Å². The van der Waals surface area contributed by atoms with Crippen LogP contribution < -0.4 is 5.32 Å². The highest BCUT2D eigenvalue weighted by Crippen LogP contribution is 2.17. The van der Waals surface area contributed by atoms with Gasteiger partial charge in [0.25, 0.3) is 5.91 Å². The first kappa shape index (κ1) is 11.9. The molecule has 90 valence electrons. The lowest BCUT2D eigenvalue weighted by atomic mass is 10.2. The summed E-state index contributed by atoms with van der Waals surface area (Å²) in [5, 5.41) is 11.3. The van der Waals surface area contributed by atoms with Crippen LogP contribution in [0.4, 0.5) is 10.1 Å². The third-order valence-electron chi connectivity index (χ3n) is 2.31. The number of hydrogen-bond donors (Lipinski definition) is 1. The molecule has 0 aliphatic rings. The summed E-state index contributed by atoms with van der Waals surface area (Å²) < 4.78 is 18.1. The number of hydrogen-bond acceptors (Lipinski definition) is 3. The Morgan fingerprint density at radius 3 is 2.78 bits per heavy atom. The van der Waals surface area contributed by atoms with Gasteiger partial charge in [0.1, 0.15) is 17.6 Å². The third kappa shape index (κ3) is 2.38. The topological polar surface area (TPSA) is 66.0 Å². The van der Waals surface area contributed by atoms with E-state index in [0.29, 0.717) is 5.76 Å². The van der Waals surface area contributed by atoms with Crippen molar-refractivity contribution in [3.05, 3.63) is 53.2 Å². The summed E-state index contributed by atoms with van der Waals surface area (Å²) in [5.74, 6) is -0.259. The molecule has 2 rings (SSSR count). The molecule has 0 unspecified atom stereocenters. The van der Waals surface area contributed by atoms with Gasteiger partial charge in [0.2, 0.25) is 0 Å². The Kier molecular flexibility index (Phi) is 3.11. The minimum atomic E-state index is -0.529. The normalized spacial score (nSPS) is 9.83. The molecule has 0 fully saturated rings. The molecule has 0 aliphatic carbocycles. The summed E-state index contributed by atoms with van der Waals surface area (Å²) >= 11 is 0. The maximum atomic E-state index is 12.9. The smallest absolute Gasteiger partial charge is 0.291 e. The summed E-state index contributed by atoms with van der Waals surface area (Å²) in [4.78, 5) is 11.8. The Morgan fingerprint density at radius 1 is 1.39 bits per heavy atom. The van der Waals surface area contributed by atoms with E-state index >= 15 is 0 Å². The first-order valence-electron chi connectivity index (χ1n) is 5.17. The first-order valence-corrected chi connectivity index (χ1v) is 5.17. The van der Waals surface area contributed by atoms with E-state index in [1.165, 1.54) is 18.2 Å². The molecule has 0 aliphatic heterocycles. The van der Waals surface area contributed by atoms with Gasteiger partial charge >= 0.3 is 0 Å². The van der Waals surface area contributed by atoms with Gasteiger partial charge in [-0.3, -0.25) is 4.79 Å². The van der Waals surface area contributed by atoms with Crippen LogP contribution in [-0.2, 0) is 0 Å². The molecule has 0 atom stereocenters. The predicted octanol–water partition coefficient (Wildman–Crippen LogP) is 2.85. The van der Waals surface area contributed by atoms with Gasteiger partial charge in [-0.2, -0.15) is 5.26 Å². The molecule has 1 aromatic heterocycles. The van der Waals surface area contributed by atoms with Crippen LogP contribution in [0.15, 0.2) is 34.7 Å². The summed E-state index contributed by atoms with van der Waals surface area (Å²) in [7, 11) is 0. The number of benzene rings is 1. The van der Waals surface area contributed by atoms with Crippen molar-refractivity contribution < 1.29 is 13.6 Å². The van der Waals surface area contributed by atoms with E-state index in [1.54, 1.807) is 13.0 Å². The van der Waals surface area contributed by atoms with Crippen molar-refractivity contribution in [2.75, 3.05) is 5.32 Å². The second-order valence-electron chi connectivity index (χ2n) is 3.67. The molecule has 1 aromatic carbocycles. The molecule has 1 amide bonds. The number of carbonyl (C=O) groups excluding carboxylic acids is 1. The van der Waals surface area contributed by atoms with Crippen molar-refractivity contribution in [1.82, 2.24) is 0 Å². The van der Waals surface area contributed by atoms with Gasteiger partial charge in [0.05, 0.1) is 11.3 Å². The fourth-order valence-electron chi connectivity index (χ4n) is 1.46. The van der Waals surface area contributed by atoms with E-state index in [4.69, 9.17) is 9.68 Å². The summed E-state index contributed by atoms with van der Waals surface area (Å²) in [6, 6.07) is 8.56. The highest BCUT2D eigenvalue weighted by Gasteiger charge is 2.12. The zero-order valence-corrected chi connectivity index (χ0v) is 9.53. The van der Waals surface area contributed by atoms with Gasteiger partial charge in [-0.15, -0.1) is 0 Å². The summed E-state index contributed by atoms with van der Waals surface area (Å²) in [6.45, 7) is 1.72. The number of anilines is 1. The van der Waals surface area contributed by atoms with Crippen molar-refractivity contribution in [3.63, 3.8) is 0 Å². The van der Waals surface area contributed by atoms with Gasteiger partial charge in [-0.1, -0.05) is 0 Å². The Morgan fingerprint density at radius 2 is 2.17 bits per heavy atom. The standard InChI is InChI=1S/C13H9FN2O2/c1-8-2-5-12(18-8)13(17)16-11-4-3-10(14)6-9(11)7-15/h2-6H,1H3,(H,16,17). The Hall–Kier alpha value is -2.61. The molecular weight excluding hydrogens is 235 g/mol. The van der Waals surface area contributed by atoms with Gasteiger partial charge < -0.3 is 9.73 Å². The second kappa shape index (κ2) is 4.72. The Labute approximate surface area is 103 Å². The summed E-state index contributed by atoms with van der Waals surface area (Å²) in [5.41, 5.74) is 0.310. The van der Waals surface area contributed by atoms with Gasteiger partial charge in [0.15, 0.2) is 5.76 Å². The zero-order valence-electron chi connectivity index (χ0n) is 9.53. The van der Waals surface area contributed by atoms with E-state index in [9.17, 15) is 9.18 Å². The highest BCUT2D eigenvalue weighted by atomic mass is 19.1. The molecule has 2 aromatic rings. The molecule has 0 bridgehead atoms. The zero-order chi connectivity index (χ0) is 13.1. The number of aryl methyl sites for hydroxylation is 1. The largest absolute Gasteiger partial charge is 0.456 e. The maximum absolute atomic E-state index is 12.9. The predicted molar refractivity (Wildman–Crippen MR) is 62.5 cm³/mol. The number of nitrogens with zero attached hydrogens (tertiary/aromatic N) is 1.